The van der Waals surface area contributed by atoms with E-state index in [4.69, 9.17) is 11.2 Å². The van der Waals surface area contributed by atoms with Crippen LogP contribution >= 0.6 is 0 Å². The first kappa shape index (κ1) is 13.4. The van der Waals surface area contributed by atoms with E-state index < -0.39 is 6.10 Å². The number of hydrogen-bond acceptors (Lipinski definition) is 6. The summed E-state index contributed by atoms with van der Waals surface area (Å²) in [5, 5.41) is 25.2. The van der Waals surface area contributed by atoms with Crippen LogP contribution in [0.25, 0.3) is 38.0 Å². The molecule has 3 aromatic heterocycles. The molecule has 0 amide bonds. The second-order valence-corrected chi connectivity index (χ2v) is 5.08. The van der Waals surface area contributed by atoms with Gasteiger partial charge in [0.1, 0.15) is 11.0 Å². The predicted octanol–water partition coefficient (Wildman–Crippen LogP) is 2.77. The summed E-state index contributed by atoms with van der Waals surface area (Å²) >= 11 is 0. The van der Waals surface area contributed by atoms with Crippen molar-refractivity contribution < 1.29 is 9.74 Å². The van der Waals surface area contributed by atoms with Gasteiger partial charge in [-0.1, -0.05) is 12.1 Å². The second kappa shape index (κ2) is 4.86. The summed E-state index contributed by atoms with van der Waals surface area (Å²) in [5.41, 5.74) is 3.48. The molecular weight excluding hydrogens is 296 g/mol. The summed E-state index contributed by atoms with van der Waals surface area (Å²) in [4.78, 5) is 7.91. The monoisotopic (exact) mass is 306 g/mol. The minimum atomic E-state index is -0.889. The number of nitrogens with zero attached hydrogens (tertiary/aromatic N) is 5. The standard InChI is InChI=1S/C15H10N6O2/c1-7(22)12-14(16-2)11(9-6-17-19-15(9)18-12)8-4-3-5-10-13(8)21-23-20-10/h3-7,22H,1H3,(H,17,18,19). The van der Waals surface area contributed by atoms with E-state index in [1.807, 2.05) is 12.1 Å². The number of fused-ring (bicyclic) bond motifs is 2. The molecule has 0 aliphatic heterocycles. The highest BCUT2D eigenvalue weighted by atomic mass is 16.6. The fourth-order valence-electron chi connectivity index (χ4n) is 2.66. The Kier molecular flexibility index (Phi) is 2.82. The van der Waals surface area contributed by atoms with Crippen LogP contribution in [-0.4, -0.2) is 30.6 Å². The van der Waals surface area contributed by atoms with Crippen LogP contribution in [0.1, 0.15) is 18.7 Å². The molecule has 0 saturated heterocycles. The zero-order valence-corrected chi connectivity index (χ0v) is 12.0. The van der Waals surface area contributed by atoms with Crippen molar-refractivity contribution in [3.8, 4) is 11.1 Å². The predicted molar refractivity (Wildman–Crippen MR) is 81.6 cm³/mol. The highest BCUT2D eigenvalue weighted by molar-refractivity contribution is 6.06. The Morgan fingerprint density at radius 3 is 3.00 bits per heavy atom. The summed E-state index contributed by atoms with van der Waals surface area (Å²) in [6, 6.07) is 5.41. The average Bonchev–Trinajstić information content (AvgIpc) is 3.20. The van der Waals surface area contributed by atoms with Crippen LogP contribution < -0.4 is 0 Å². The first-order valence-corrected chi connectivity index (χ1v) is 6.85. The van der Waals surface area contributed by atoms with E-state index in [1.54, 1.807) is 19.2 Å². The maximum atomic E-state index is 9.99. The van der Waals surface area contributed by atoms with Gasteiger partial charge in [-0.05, 0) is 23.3 Å². The normalized spacial score (nSPS) is 12.6. The van der Waals surface area contributed by atoms with E-state index >= 15 is 0 Å². The fraction of sp³-hybridized carbons (Fsp3) is 0.133. The third-order valence-corrected chi connectivity index (χ3v) is 3.66. The van der Waals surface area contributed by atoms with E-state index in [0.717, 1.165) is 0 Å². The largest absolute Gasteiger partial charge is 0.388 e. The lowest BCUT2D eigenvalue weighted by Gasteiger charge is -2.12. The zero-order chi connectivity index (χ0) is 16.0. The average molecular weight is 306 g/mol. The molecule has 2 N–H and O–H groups in total. The topological polar surface area (TPSA) is 105 Å². The molecule has 112 valence electrons. The Morgan fingerprint density at radius 1 is 1.35 bits per heavy atom. The number of nitrogens with one attached hydrogen (secondary N) is 1. The molecule has 0 bridgehead atoms. The molecule has 8 nitrogen and oxygen atoms in total. The van der Waals surface area contributed by atoms with E-state index in [1.165, 1.54) is 0 Å². The van der Waals surface area contributed by atoms with Crippen molar-refractivity contribution in [2.75, 3.05) is 0 Å². The lowest BCUT2D eigenvalue weighted by Crippen LogP contribution is -1.98. The molecule has 0 aliphatic rings. The summed E-state index contributed by atoms with van der Waals surface area (Å²) in [7, 11) is 0. The van der Waals surface area contributed by atoms with Gasteiger partial charge in [-0.25, -0.2) is 14.5 Å². The Hall–Kier alpha value is -3.31. The molecule has 0 radical (unpaired) electrons. The summed E-state index contributed by atoms with van der Waals surface area (Å²) in [5.74, 6) is 0. The third kappa shape index (κ3) is 1.88. The van der Waals surface area contributed by atoms with E-state index in [2.05, 4.69) is 30.3 Å². The minimum absolute atomic E-state index is 0.268. The van der Waals surface area contributed by atoms with Gasteiger partial charge in [-0.3, -0.25) is 5.10 Å². The molecule has 1 atom stereocenters. The molecule has 8 heteroatoms. The number of hydrogen-bond donors (Lipinski definition) is 2. The van der Waals surface area contributed by atoms with Gasteiger partial charge in [0, 0.05) is 16.5 Å². The van der Waals surface area contributed by atoms with Gasteiger partial charge in [0.2, 0.25) is 5.69 Å². The smallest absolute Gasteiger partial charge is 0.219 e. The van der Waals surface area contributed by atoms with Gasteiger partial charge >= 0.3 is 0 Å². The summed E-state index contributed by atoms with van der Waals surface area (Å²) in [6.07, 6.45) is 0.713. The number of H-pyrrole nitrogens is 1. The zero-order valence-electron chi connectivity index (χ0n) is 12.0. The fourth-order valence-corrected chi connectivity index (χ4v) is 2.66. The number of rotatable bonds is 2. The molecular formula is C15H10N6O2. The lowest BCUT2D eigenvalue weighted by atomic mass is 9.98. The van der Waals surface area contributed by atoms with Crippen LogP contribution in [0.15, 0.2) is 29.0 Å². The van der Waals surface area contributed by atoms with Gasteiger partial charge in [-0.15, -0.1) is 0 Å². The third-order valence-electron chi connectivity index (χ3n) is 3.66. The Bertz CT molecular complexity index is 1070. The molecule has 0 fully saturated rings. The summed E-state index contributed by atoms with van der Waals surface area (Å²) < 4.78 is 4.81. The number of benzene rings is 1. The lowest BCUT2D eigenvalue weighted by molar-refractivity contribution is 0.195. The quantitative estimate of drug-likeness (QED) is 0.552. The molecule has 1 unspecified atom stereocenters. The number of aromatic amines is 1. The molecule has 23 heavy (non-hydrogen) atoms. The van der Waals surface area contributed by atoms with Crippen LogP contribution in [0.4, 0.5) is 5.69 Å². The second-order valence-electron chi connectivity index (χ2n) is 5.08. The Labute approximate surface area is 129 Å². The molecule has 0 spiro atoms. The van der Waals surface area contributed by atoms with Gasteiger partial charge in [-0.2, -0.15) is 5.10 Å². The first-order chi connectivity index (χ1) is 11.2. The maximum Gasteiger partial charge on any atom is 0.219 e. The molecule has 4 rings (SSSR count). The molecule has 0 aliphatic carbocycles. The van der Waals surface area contributed by atoms with Crippen LogP contribution in [-0.2, 0) is 0 Å². The highest BCUT2D eigenvalue weighted by Crippen LogP contribution is 2.42. The number of pyridine rings is 1. The Morgan fingerprint density at radius 2 is 2.22 bits per heavy atom. The minimum Gasteiger partial charge on any atom is -0.388 e. The van der Waals surface area contributed by atoms with E-state index in [0.29, 0.717) is 38.9 Å². The van der Waals surface area contributed by atoms with Crippen LogP contribution in [0.5, 0.6) is 0 Å². The van der Waals surface area contributed by atoms with E-state index in [9.17, 15) is 5.11 Å². The van der Waals surface area contributed by atoms with Crippen molar-refractivity contribution in [1.82, 2.24) is 25.5 Å². The maximum absolute atomic E-state index is 9.99. The molecule has 4 aromatic rings. The molecule has 1 aromatic carbocycles. The van der Waals surface area contributed by atoms with Gasteiger partial charge in [0.25, 0.3) is 0 Å². The van der Waals surface area contributed by atoms with E-state index in [-0.39, 0.29) is 5.69 Å². The number of aliphatic hydroxyl groups is 1. The van der Waals surface area contributed by atoms with Gasteiger partial charge in [0.15, 0.2) is 5.65 Å². The van der Waals surface area contributed by atoms with Gasteiger partial charge < -0.3 is 5.11 Å². The summed E-state index contributed by atoms with van der Waals surface area (Å²) in [6.45, 7) is 9.12. The first-order valence-electron chi connectivity index (χ1n) is 6.85. The van der Waals surface area contributed by atoms with Gasteiger partial charge in [0.05, 0.1) is 24.6 Å². The van der Waals surface area contributed by atoms with Crippen molar-refractivity contribution in [2.24, 2.45) is 0 Å². The van der Waals surface area contributed by atoms with Crippen molar-refractivity contribution in [1.29, 1.82) is 0 Å². The molecule has 0 saturated carbocycles. The van der Waals surface area contributed by atoms with Crippen LogP contribution in [0, 0.1) is 6.57 Å². The van der Waals surface area contributed by atoms with Crippen molar-refractivity contribution >= 4 is 27.8 Å². The van der Waals surface area contributed by atoms with Crippen LogP contribution in [0.2, 0.25) is 0 Å². The SMILES string of the molecule is [C-]#[N+]c1c(C(C)O)nc2[nH]ncc2c1-c1cccc2nonc12. The van der Waals surface area contributed by atoms with Crippen LogP contribution in [0.3, 0.4) is 0 Å². The number of aromatic nitrogens is 5. The Balaban J connectivity index is 2.20. The van der Waals surface area contributed by atoms with Crippen molar-refractivity contribution in [3.05, 3.63) is 41.5 Å². The van der Waals surface area contributed by atoms with Crippen molar-refractivity contribution in [3.63, 3.8) is 0 Å². The molecule has 3 heterocycles. The highest BCUT2D eigenvalue weighted by Gasteiger charge is 2.22. The van der Waals surface area contributed by atoms with Crippen molar-refractivity contribution in [2.45, 2.75) is 13.0 Å². The number of aliphatic hydroxyl groups excluding tert-OH is 1.